The number of nitrogens with zero attached hydrogens (tertiary/aromatic N) is 3. The molecule has 3 aromatic carbocycles. The van der Waals surface area contributed by atoms with Crippen LogP contribution in [-0.2, 0) is 30.3 Å². The fraction of sp³-hybridized carbons (Fsp3) is 0.324. The summed E-state index contributed by atoms with van der Waals surface area (Å²) in [4.78, 5) is 58.8. The van der Waals surface area contributed by atoms with Gasteiger partial charge in [0.2, 0.25) is 11.8 Å². The summed E-state index contributed by atoms with van der Waals surface area (Å²) in [6, 6.07) is 20.5. The van der Waals surface area contributed by atoms with E-state index in [2.05, 4.69) is 15.6 Å². The van der Waals surface area contributed by atoms with Gasteiger partial charge < -0.3 is 30.6 Å². The Morgan fingerprint density at radius 1 is 1.02 bits per heavy atom. The van der Waals surface area contributed by atoms with Crippen LogP contribution in [0.3, 0.4) is 0 Å². The van der Waals surface area contributed by atoms with Gasteiger partial charge in [0.05, 0.1) is 19.0 Å². The molecule has 11 heteroatoms. The molecule has 5 rings (SSSR count). The summed E-state index contributed by atoms with van der Waals surface area (Å²) >= 11 is 0. The maximum atomic E-state index is 14.0. The Hall–Kier alpha value is -5.03. The Balaban J connectivity index is 1.40. The molecule has 1 aliphatic heterocycles. The van der Waals surface area contributed by atoms with Gasteiger partial charge in [-0.25, -0.2) is 9.78 Å². The number of methoxy groups -OCH3 is 1. The number of rotatable bonds is 10. The first-order valence-electron chi connectivity index (χ1n) is 14.9. The van der Waals surface area contributed by atoms with E-state index in [0.29, 0.717) is 24.9 Å². The summed E-state index contributed by atoms with van der Waals surface area (Å²) in [5.41, 5.74) is 6.38. The van der Waals surface area contributed by atoms with Gasteiger partial charge in [-0.2, -0.15) is 0 Å². The largest absolute Gasteiger partial charge is 0.467 e. The highest BCUT2D eigenvalue weighted by molar-refractivity contribution is 5.98. The van der Waals surface area contributed by atoms with Gasteiger partial charge in [-0.15, -0.1) is 0 Å². The third-order valence-electron chi connectivity index (χ3n) is 7.97. The highest BCUT2D eigenvalue weighted by Crippen LogP contribution is 2.28. The number of amides is 3. The van der Waals surface area contributed by atoms with Crippen LogP contribution in [0.4, 0.5) is 5.82 Å². The average molecular weight is 611 g/mol. The lowest BCUT2D eigenvalue weighted by Crippen LogP contribution is -2.55. The van der Waals surface area contributed by atoms with E-state index in [1.54, 1.807) is 29.5 Å². The van der Waals surface area contributed by atoms with Crippen LogP contribution >= 0.6 is 0 Å². The summed E-state index contributed by atoms with van der Waals surface area (Å²) in [6.07, 6.45) is 4.46. The number of fused-ring (bicyclic) bond motifs is 1. The molecule has 1 aliphatic rings. The number of esters is 1. The van der Waals surface area contributed by atoms with E-state index in [9.17, 15) is 19.2 Å². The molecule has 1 fully saturated rings. The van der Waals surface area contributed by atoms with Crippen LogP contribution in [0, 0.1) is 0 Å². The number of imidazole rings is 1. The van der Waals surface area contributed by atoms with E-state index in [-0.39, 0.29) is 18.1 Å². The van der Waals surface area contributed by atoms with E-state index in [1.807, 2.05) is 72.8 Å². The van der Waals surface area contributed by atoms with Gasteiger partial charge in [0, 0.05) is 19.2 Å². The molecular formula is C34H38N6O5. The maximum Gasteiger partial charge on any atom is 0.328 e. The normalized spacial score (nSPS) is 16.2. The number of aromatic nitrogens is 2. The molecule has 0 bridgehead atoms. The highest BCUT2D eigenvalue weighted by Gasteiger charge is 2.39. The molecule has 0 unspecified atom stereocenters. The predicted octanol–water partition coefficient (Wildman–Crippen LogP) is 3.19. The molecule has 0 saturated carbocycles. The lowest BCUT2D eigenvalue weighted by Gasteiger charge is -2.28. The first-order valence-corrected chi connectivity index (χ1v) is 14.9. The zero-order valence-corrected chi connectivity index (χ0v) is 25.6. The number of benzene rings is 3. The van der Waals surface area contributed by atoms with Crippen LogP contribution in [0.5, 0.6) is 0 Å². The Morgan fingerprint density at radius 3 is 2.44 bits per heavy atom. The molecule has 234 valence electrons. The van der Waals surface area contributed by atoms with Crippen molar-refractivity contribution in [1.29, 1.82) is 0 Å². The number of carbonyl (C=O) groups is 4. The molecule has 2 heterocycles. The van der Waals surface area contributed by atoms with Gasteiger partial charge in [-0.1, -0.05) is 72.8 Å². The van der Waals surface area contributed by atoms with Crippen molar-refractivity contribution in [3.63, 3.8) is 0 Å². The second-order valence-electron chi connectivity index (χ2n) is 11.9. The van der Waals surface area contributed by atoms with Crippen molar-refractivity contribution in [3.05, 3.63) is 96.4 Å². The molecule has 1 aromatic heterocycles. The van der Waals surface area contributed by atoms with Crippen LogP contribution < -0.4 is 16.4 Å². The fourth-order valence-corrected chi connectivity index (χ4v) is 5.56. The molecule has 4 N–H and O–H groups in total. The summed E-state index contributed by atoms with van der Waals surface area (Å²) in [5, 5.41) is 7.67. The number of likely N-dealkylation sites (tertiary alicyclic amines) is 1. The van der Waals surface area contributed by atoms with Crippen molar-refractivity contribution in [2.45, 2.75) is 56.8 Å². The van der Waals surface area contributed by atoms with Gasteiger partial charge >= 0.3 is 5.97 Å². The summed E-state index contributed by atoms with van der Waals surface area (Å²) in [7, 11) is 1.31. The minimum absolute atomic E-state index is 0.199. The summed E-state index contributed by atoms with van der Waals surface area (Å²) in [5.74, 6) is -1.50. The van der Waals surface area contributed by atoms with Gasteiger partial charge in [-0.05, 0) is 48.6 Å². The summed E-state index contributed by atoms with van der Waals surface area (Å²) < 4.78 is 6.56. The van der Waals surface area contributed by atoms with Crippen LogP contribution in [0.25, 0.3) is 10.8 Å². The van der Waals surface area contributed by atoms with Crippen molar-refractivity contribution >= 4 is 40.3 Å². The van der Waals surface area contributed by atoms with Gasteiger partial charge in [0.15, 0.2) is 5.82 Å². The van der Waals surface area contributed by atoms with E-state index >= 15 is 0 Å². The van der Waals surface area contributed by atoms with Gasteiger partial charge in [0.25, 0.3) is 5.91 Å². The molecular weight excluding hydrogens is 572 g/mol. The number of anilines is 1. The first-order chi connectivity index (χ1) is 21.5. The number of nitrogens with two attached hydrogens (primary N) is 1. The molecule has 4 aromatic rings. The molecule has 3 amide bonds. The monoisotopic (exact) mass is 610 g/mol. The van der Waals surface area contributed by atoms with Crippen LogP contribution in [0.1, 0.15) is 43.9 Å². The Morgan fingerprint density at radius 2 is 1.73 bits per heavy atom. The number of hydrogen-bond acceptors (Lipinski definition) is 7. The van der Waals surface area contributed by atoms with Crippen molar-refractivity contribution < 1.29 is 23.9 Å². The second-order valence-corrected chi connectivity index (χ2v) is 11.9. The summed E-state index contributed by atoms with van der Waals surface area (Å²) in [6.45, 7) is 3.57. The van der Waals surface area contributed by atoms with Crippen LogP contribution in [0.15, 0.2) is 85.3 Å². The molecule has 0 spiro atoms. The molecule has 11 nitrogen and oxygen atoms in total. The number of ether oxygens (including phenoxy) is 1. The van der Waals surface area contributed by atoms with E-state index in [4.69, 9.17) is 10.5 Å². The van der Waals surface area contributed by atoms with Gasteiger partial charge in [0.1, 0.15) is 18.1 Å². The van der Waals surface area contributed by atoms with Crippen molar-refractivity contribution in [2.75, 3.05) is 19.0 Å². The standard InChI is InChI=1S/C34H38N6O5/c1-34(2,35)33(44)37-26(19-22-15-16-23-10-7-8-13-25(23)18-22)30(41)38-28-20-39(21-36-28)29(24-11-5-4-6-12-24)31(42)40-17-9-14-27(40)32(43)45-3/h4-8,10-13,15-16,18,20-21,26-27,29H,9,14,17,19,35H2,1-3H3,(H,37,44)(H,38,41)/t26-,27+,29-/m1/s1. The zero-order chi connectivity index (χ0) is 32.1. The average Bonchev–Trinajstić information content (AvgIpc) is 3.71. The fourth-order valence-electron chi connectivity index (χ4n) is 5.56. The third-order valence-corrected chi connectivity index (χ3v) is 7.97. The smallest absolute Gasteiger partial charge is 0.328 e. The quantitative estimate of drug-likeness (QED) is 0.234. The van der Waals surface area contributed by atoms with E-state index in [1.165, 1.54) is 13.4 Å². The van der Waals surface area contributed by atoms with Crippen LogP contribution in [0.2, 0.25) is 0 Å². The molecule has 0 aliphatic carbocycles. The minimum Gasteiger partial charge on any atom is -0.467 e. The lowest BCUT2D eigenvalue weighted by atomic mass is 9.99. The molecule has 1 saturated heterocycles. The topological polar surface area (TPSA) is 149 Å². The number of nitrogens with one attached hydrogen (secondary N) is 2. The first kappa shape index (κ1) is 31.4. The second kappa shape index (κ2) is 13.3. The van der Waals surface area contributed by atoms with Crippen LogP contribution in [-0.4, -0.2) is 69.4 Å². The lowest BCUT2D eigenvalue weighted by molar-refractivity contribution is -0.151. The zero-order valence-electron chi connectivity index (χ0n) is 25.6. The van der Waals surface area contributed by atoms with Crippen molar-refractivity contribution in [3.8, 4) is 0 Å². The van der Waals surface area contributed by atoms with Crippen molar-refractivity contribution in [2.24, 2.45) is 5.73 Å². The SMILES string of the molecule is COC(=O)[C@@H]1CCCN1C(=O)[C@@H](c1ccccc1)n1cnc(NC(=O)[C@@H](Cc2ccc3ccccc3c2)NC(=O)C(C)(C)N)c1. The Kier molecular flexibility index (Phi) is 9.29. The molecule has 3 atom stereocenters. The Labute approximate surface area is 261 Å². The maximum absolute atomic E-state index is 14.0. The highest BCUT2D eigenvalue weighted by atomic mass is 16.5. The van der Waals surface area contributed by atoms with E-state index in [0.717, 1.165) is 16.3 Å². The molecule has 45 heavy (non-hydrogen) atoms. The van der Waals surface area contributed by atoms with Gasteiger partial charge in [-0.3, -0.25) is 14.4 Å². The number of hydrogen-bond donors (Lipinski definition) is 3. The van der Waals surface area contributed by atoms with Crippen molar-refractivity contribution in [1.82, 2.24) is 19.8 Å². The predicted molar refractivity (Wildman–Crippen MR) is 170 cm³/mol. The molecule has 0 radical (unpaired) electrons. The minimum atomic E-state index is -1.20. The number of carbonyl (C=O) groups excluding carboxylic acids is 4. The van der Waals surface area contributed by atoms with E-state index < -0.39 is 41.4 Å². The Bertz CT molecular complexity index is 1700. The third kappa shape index (κ3) is 7.21.